The van der Waals surface area contributed by atoms with E-state index in [2.05, 4.69) is 21.2 Å². The van der Waals surface area contributed by atoms with Crippen molar-refractivity contribution in [3.63, 3.8) is 0 Å². The molecule has 0 spiro atoms. The fraction of sp³-hybridized carbons (Fsp3) is 0.273. The molecule has 3 nitrogen and oxygen atoms in total. The van der Waals surface area contributed by atoms with Gasteiger partial charge in [-0.25, -0.2) is 0 Å². The number of nitrogens with one attached hydrogen (secondary N) is 1. The van der Waals surface area contributed by atoms with Gasteiger partial charge in [-0.05, 0) is 24.6 Å². The van der Waals surface area contributed by atoms with Crippen LogP contribution in [0.4, 0.5) is 0 Å². The van der Waals surface area contributed by atoms with Crippen LogP contribution in [0.15, 0.2) is 28.7 Å². The van der Waals surface area contributed by atoms with Crippen molar-refractivity contribution in [2.75, 3.05) is 5.75 Å². The zero-order valence-corrected chi connectivity index (χ0v) is 10.8. The van der Waals surface area contributed by atoms with Crippen LogP contribution in [0, 0.1) is 0 Å². The van der Waals surface area contributed by atoms with Crippen molar-refractivity contribution in [1.82, 2.24) is 5.32 Å². The summed E-state index contributed by atoms with van der Waals surface area (Å²) in [6.45, 7) is 0. The number of carbonyl (C=O) groups excluding carboxylic acids is 2. The Bertz CT molecular complexity index is 436. The molecule has 0 bridgehead atoms. The van der Waals surface area contributed by atoms with Crippen LogP contribution in [0.5, 0.6) is 0 Å². The Labute approximate surface area is 106 Å². The maximum atomic E-state index is 11.8. The summed E-state index contributed by atoms with van der Waals surface area (Å²) in [5.41, 5.74) is 0.569. The molecule has 1 fully saturated rings. The van der Waals surface area contributed by atoms with Crippen LogP contribution < -0.4 is 5.32 Å². The monoisotopic (exact) mass is 299 g/mol. The Morgan fingerprint density at radius 1 is 1.50 bits per heavy atom. The second kappa shape index (κ2) is 5.01. The maximum Gasteiger partial charge on any atom is 0.251 e. The minimum atomic E-state index is -0.323. The van der Waals surface area contributed by atoms with E-state index in [0.717, 1.165) is 16.6 Å². The number of amides is 1. The van der Waals surface area contributed by atoms with Gasteiger partial charge in [0.1, 0.15) is 0 Å². The first-order chi connectivity index (χ1) is 7.66. The number of hydrogen-bond acceptors (Lipinski definition) is 3. The average molecular weight is 300 g/mol. The quantitative estimate of drug-likeness (QED) is 0.911. The van der Waals surface area contributed by atoms with Gasteiger partial charge in [-0.3, -0.25) is 9.59 Å². The Kier molecular flexibility index (Phi) is 3.66. The molecular formula is C11H10BrNO2S. The fourth-order valence-corrected chi connectivity index (χ4v) is 2.83. The van der Waals surface area contributed by atoms with Crippen LogP contribution in [0.1, 0.15) is 16.8 Å². The van der Waals surface area contributed by atoms with E-state index in [4.69, 9.17) is 0 Å². The summed E-state index contributed by atoms with van der Waals surface area (Å²) in [4.78, 5) is 23.2. The molecule has 1 aliphatic heterocycles. The molecule has 16 heavy (non-hydrogen) atoms. The summed E-state index contributed by atoms with van der Waals surface area (Å²) in [6, 6.07) is 6.79. The molecule has 84 valence electrons. The largest absolute Gasteiger partial charge is 0.341 e. The molecule has 0 unspecified atom stereocenters. The van der Waals surface area contributed by atoms with E-state index < -0.39 is 0 Å². The molecule has 1 N–H and O–H groups in total. The third-order valence-electron chi connectivity index (χ3n) is 2.33. The van der Waals surface area contributed by atoms with Crippen LogP contribution in [0.3, 0.4) is 0 Å². The normalized spacial score (nSPS) is 19.8. The summed E-state index contributed by atoms with van der Waals surface area (Å²) in [6.07, 6.45) is 0.725. The molecule has 0 radical (unpaired) electrons. The predicted octanol–water partition coefficient (Wildman–Crippen LogP) is 2.21. The van der Waals surface area contributed by atoms with Crippen molar-refractivity contribution in [3.05, 3.63) is 34.3 Å². The van der Waals surface area contributed by atoms with Gasteiger partial charge in [0, 0.05) is 15.8 Å². The van der Waals surface area contributed by atoms with Crippen LogP contribution in [0.25, 0.3) is 0 Å². The van der Waals surface area contributed by atoms with Crippen molar-refractivity contribution in [3.8, 4) is 0 Å². The molecule has 1 saturated heterocycles. The second-order valence-electron chi connectivity index (χ2n) is 3.49. The van der Waals surface area contributed by atoms with Crippen molar-refractivity contribution < 1.29 is 9.59 Å². The minimum Gasteiger partial charge on any atom is -0.341 e. The zero-order chi connectivity index (χ0) is 11.5. The number of rotatable bonds is 2. The van der Waals surface area contributed by atoms with Gasteiger partial charge in [-0.2, -0.15) is 0 Å². The molecule has 0 aliphatic carbocycles. The number of halogens is 1. The first-order valence-corrected chi connectivity index (χ1v) is 6.68. The minimum absolute atomic E-state index is 0.0587. The van der Waals surface area contributed by atoms with Gasteiger partial charge in [0.05, 0.1) is 6.04 Å². The lowest BCUT2D eigenvalue weighted by Gasteiger charge is -2.10. The lowest BCUT2D eigenvalue weighted by atomic mass is 10.2. The number of thioether (sulfide) groups is 1. The Morgan fingerprint density at radius 3 is 2.94 bits per heavy atom. The highest BCUT2D eigenvalue weighted by molar-refractivity contribution is 9.10. The highest BCUT2D eigenvalue weighted by atomic mass is 79.9. The van der Waals surface area contributed by atoms with E-state index in [1.54, 1.807) is 18.2 Å². The van der Waals surface area contributed by atoms with E-state index in [0.29, 0.717) is 5.56 Å². The van der Waals surface area contributed by atoms with Crippen LogP contribution in [0.2, 0.25) is 0 Å². The van der Waals surface area contributed by atoms with Crippen LogP contribution in [-0.4, -0.2) is 22.8 Å². The summed E-state index contributed by atoms with van der Waals surface area (Å²) >= 11 is 4.59. The predicted molar refractivity (Wildman–Crippen MR) is 67.5 cm³/mol. The summed E-state index contributed by atoms with van der Waals surface area (Å²) in [7, 11) is 0. The third kappa shape index (κ3) is 2.65. The van der Waals surface area contributed by atoms with Gasteiger partial charge >= 0.3 is 0 Å². The topological polar surface area (TPSA) is 46.2 Å². The van der Waals surface area contributed by atoms with Crippen molar-refractivity contribution in [1.29, 1.82) is 0 Å². The SMILES string of the molecule is O=C(N[C@@H]1CCSC1=O)c1cccc(Br)c1. The van der Waals surface area contributed by atoms with Crippen molar-refractivity contribution in [2.45, 2.75) is 12.5 Å². The number of benzene rings is 1. The number of hydrogen-bond donors (Lipinski definition) is 1. The lowest BCUT2D eigenvalue weighted by Crippen LogP contribution is -2.37. The molecular weight excluding hydrogens is 290 g/mol. The van der Waals surface area contributed by atoms with Gasteiger partial charge < -0.3 is 5.32 Å². The third-order valence-corrected chi connectivity index (χ3v) is 3.83. The summed E-state index contributed by atoms with van der Waals surface area (Å²) in [5.74, 6) is 0.601. The fourth-order valence-electron chi connectivity index (χ4n) is 1.50. The van der Waals surface area contributed by atoms with E-state index >= 15 is 0 Å². The van der Waals surface area contributed by atoms with Gasteiger partial charge in [0.15, 0.2) is 0 Å². The maximum absolute atomic E-state index is 11.8. The summed E-state index contributed by atoms with van der Waals surface area (Å²) < 4.78 is 0.854. The molecule has 1 atom stereocenters. The molecule has 1 aromatic carbocycles. The first kappa shape index (κ1) is 11.7. The van der Waals surface area contributed by atoms with Gasteiger partial charge in [-0.15, -0.1) is 0 Å². The molecule has 1 heterocycles. The highest BCUT2D eigenvalue weighted by Gasteiger charge is 2.26. The molecule has 1 aliphatic rings. The van der Waals surface area contributed by atoms with Crippen molar-refractivity contribution >= 4 is 38.7 Å². The molecule has 2 rings (SSSR count). The zero-order valence-electron chi connectivity index (χ0n) is 8.40. The van der Waals surface area contributed by atoms with E-state index in [-0.39, 0.29) is 17.1 Å². The van der Waals surface area contributed by atoms with Gasteiger partial charge in [0.2, 0.25) is 5.12 Å². The Balaban J connectivity index is 2.05. The van der Waals surface area contributed by atoms with Crippen molar-refractivity contribution in [2.24, 2.45) is 0 Å². The Morgan fingerprint density at radius 2 is 2.31 bits per heavy atom. The first-order valence-electron chi connectivity index (χ1n) is 4.90. The molecule has 5 heteroatoms. The summed E-state index contributed by atoms with van der Waals surface area (Å²) in [5, 5.41) is 2.80. The highest BCUT2D eigenvalue weighted by Crippen LogP contribution is 2.20. The molecule has 1 aromatic rings. The smallest absolute Gasteiger partial charge is 0.251 e. The molecule has 0 saturated carbocycles. The van der Waals surface area contributed by atoms with E-state index in [9.17, 15) is 9.59 Å². The lowest BCUT2D eigenvalue weighted by molar-refractivity contribution is -0.112. The molecule has 1 amide bonds. The second-order valence-corrected chi connectivity index (χ2v) is 5.51. The number of carbonyl (C=O) groups is 2. The van der Waals surface area contributed by atoms with E-state index in [1.807, 2.05) is 6.07 Å². The van der Waals surface area contributed by atoms with Crippen LogP contribution in [-0.2, 0) is 4.79 Å². The Hall–Kier alpha value is -0.810. The standard InChI is InChI=1S/C11H10BrNO2S/c12-8-3-1-2-7(6-8)10(14)13-9-4-5-16-11(9)15/h1-3,6,9H,4-5H2,(H,13,14)/t9-/m1/s1. The van der Waals surface area contributed by atoms with Crippen LogP contribution >= 0.6 is 27.7 Å². The van der Waals surface area contributed by atoms with Gasteiger partial charge in [0.25, 0.3) is 5.91 Å². The average Bonchev–Trinajstić information content (AvgIpc) is 2.64. The van der Waals surface area contributed by atoms with Gasteiger partial charge in [-0.1, -0.05) is 33.8 Å². The van der Waals surface area contributed by atoms with E-state index in [1.165, 1.54) is 11.8 Å². The molecule has 0 aromatic heterocycles.